The molecule has 1 heterocycles. The minimum Gasteiger partial charge on any atom is -0.299 e. The zero-order chi connectivity index (χ0) is 21.0. The molecular weight excluding hydrogens is 354 g/mol. The van der Waals surface area contributed by atoms with Crippen LogP contribution in [0.15, 0.2) is 54.6 Å². The molecule has 29 heavy (non-hydrogen) atoms. The molecule has 2 aromatic carbocycles. The van der Waals surface area contributed by atoms with E-state index in [2.05, 4.69) is 75.9 Å². The van der Waals surface area contributed by atoms with Gasteiger partial charge in [-0.15, -0.1) is 0 Å². The number of likely N-dealkylation sites (tertiary alicyclic amines) is 1. The van der Waals surface area contributed by atoms with Crippen LogP contribution < -0.4 is 0 Å². The number of piperidine rings is 1. The molecule has 156 valence electrons. The van der Waals surface area contributed by atoms with Crippen molar-refractivity contribution in [2.45, 2.75) is 83.7 Å². The third-order valence-electron chi connectivity index (χ3n) is 6.32. The van der Waals surface area contributed by atoms with E-state index in [1.807, 2.05) is 18.2 Å². The van der Waals surface area contributed by atoms with E-state index in [9.17, 15) is 4.79 Å². The molecular formula is C27H37NO. The van der Waals surface area contributed by atoms with E-state index < -0.39 is 0 Å². The minimum absolute atomic E-state index is 0.104. The van der Waals surface area contributed by atoms with Crippen LogP contribution in [-0.2, 0) is 4.79 Å². The summed E-state index contributed by atoms with van der Waals surface area (Å²) in [6.07, 6.45) is 4.21. The molecule has 0 radical (unpaired) electrons. The molecule has 0 bridgehead atoms. The van der Waals surface area contributed by atoms with Crippen LogP contribution in [0.25, 0.3) is 0 Å². The van der Waals surface area contributed by atoms with Gasteiger partial charge in [0.2, 0.25) is 0 Å². The molecule has 3 rings (SSSR count). The molecule has 2 aromatic rings. The van der Waals surface area contributed by atoms with Crippen molar-refractivity contribution in [1.29, 1.82) is 0 Å². The summed E-state index contributed by atoms with van der Waals surface area (Å²) in [6.45, 7) is 12.3. The van der Waals surface area contributed by atoms with Crippen LogP contribution >= 0.6 is 0 Å². The number of carbonyl (C=O) groups is 1. The molecule has 1 saturated heterocycles. The fraction of sp³-hybridized carbons (Fsp3) is 0.519. The Bertz CT molecular complexity index is 786. The number of ketones is 1. The Hall–Kier alpha value is -1.93. The van der Waals surface area contributed by atoms with Gasteiger partial charge >= 0.3 is 0 Å². The van der Waals surface area contributed by atoms with Crippen molar-refractivity contribution >= 4 is 5.78 Å². The quantitative estimate of drug-likeness (QED) is 0.556. The highest BCUT2D eigenvalue weighted by molar-refractivity contribution is 5.89. The molecule has 0 aromatic heterocycles. The summed E-state index contributed by atoms with van der Waals surface area (Å²) < 4.78 is 0. The zero-order valence-electron chi connectivity index (χ0n) is 18.8. The summed E-state index contributed by atoms with van der Waals surface area (Å²) >= 11 is 0. The van der Waals surface area contributed by atoms with Crippen LogP contribution in [0.1, 0.15) is 88.8 Å². The summed E-state index contributed by atoms with van der Waals surface area (Å²) in [7, 11) is 0. The van der Waals surface area contributed by atoms with E-state index in [4.69, 9.17) is 0 Å². The Balaban J connectivity index is 1.89. The van der Waals surface area contributed by atoms with Gasteiger partial charge in [-0.3, -0.25) is 9.69 Å². The Morgan fingerprint density at radius 3 is 2.10 bits per heavy atom. The van der Waals surface area contributed by atoms with E-state index >= 15 is 0 Å². The highest BCUT2D eigenvalue weighted by atomic mass is 16.1. The molecule has 2 unspecified atom stereocenters. The van der Waals surface area contributed by atoms with Gasteiger partial charge in [-0.25, -0.2) is 0 Å². The SMILES string of the molecule is CC(C)c1ccc(C(C(=O)CC2CCCCN2C(C)(C)C)c2ccccc2)cc1. The first-order valence-corrected chi connectivity index (χ1v) is 11.2. The predicted octanol–water partition coefficient (Wildman–Crippen LogP) is 6.55. The van der Waals surface area contributed by atoms with Gasteiger partial charge in [0, 0.05) is 18.0 Å². The smallest absolute Gasteiger partial charge is 0.146 e. The standard InChI is InChI=1S/C27H37NO/c1-20(2)21-14-16-23(17-15-21)26(22-11-7-6-8-12-22)25(29)19-24-13-9-10-18-28(24)27(3,4)5/h6-8,11-12,14-17,20,24,26H,9-10,13,18-19H2,1-5H3. The molecule has 1 fully saturated rings. The number of rotatable bonds is 6. The summed E-state index contributed by atoms with van der Waals surface area (Å²) in [6, 6.07) is 19.3. The molecule has 2 nitrogen and oxygen atoms in total. The second-order valence-electron chi connectivity index (χ2n) is 9.85. The number of nitrogens with zero attached hydrogens (tertiary/aromatic N) is 1. The van der Waals surface area contributed by atoms with Crippen LogP contribution in [0.4, 0.5) is 0 Å². The molecule has 0 N–H and O–H groups in total. The van der Waals surface area contributed by atoms with Crippen molar-refractivity contribution in [2.75, 3.05) is 6.54 Å². The second-order valence-corrected chi connectivity index (χ2v) is 9.85. The van der Waals surface area contributed by atoms with Gasteiger partial charge in [-0.05, 0) is 62.8 Å². The van der Waals surface area contributed by atoms with Crippen LogP contribution in [-0.4, -0.2) is 28.8 Å². The van der Waals surface area contributed by atoms with Gasteiger partial charge in [0.05, 0.1) is 5.92 Å². The predicted molar refractivity (Wildman–Crippen MR) is 123 cm³/mol. The lowest BCUT2D eigenvalue weighted by Gasteiger charge is -2.44. The van der Waals surface area contributed by atoms with Gasteiger partial charge in [0.15, 0.2) is 0 Å². The third-order valence-corrected chi connectivity index (χ3v) is 6.32. The van der Waals surface area contributed by atoms with Gasteiger partial charge in [0.25, 0.3) is 0 Å². The first-order chi connectivity index (χ1) is 13.8. The minimum atomic E-state index is -0.179. The molecule has 1 aliphatic heterocycles. The number of carbonyl (C=O) groups excluding carboxylic acids is 1. The highest BCUT2D eigenvalue weighted by Gasteiger charge is 2.34. The van der Waals surface area contributed by atoms with Crippen LogP contribution in [0, 0.1) is 0 Å². The normalized spacial score (nSPS) is 19.3. The third kappa shape index (κ3) is 5.36. The number of hydrogen-bond acceptors (Lipinski definition) is 2. The van der Waals surface area contributed by atoms with Crippen LogP contribution in [0.2, 0.25) is 0 Å². The lowest BCUT2D eigenvalue weighted by Crippen LogP contribution is -2.51. The largest absolute Gasteiger partial charge is 0.299 e. The number of hydrogen-bond donors (Lipinski definition) is 0. The van der Waals surface area contributed by atoms with Crippen LogP contribution in [0.3, 0.4) is 0 Å². The summed E-state index contributed by atoms with van der Waals surface area (Å²) in [4.78, 5) is 16.2. The monoisotopic (exact) mass is 391 g/mol. The lowest BCUT2D eigenvalue weighted by atomic mass is 9.82. The van der Waals surface area contributed by atoms with E-state index in [1.54, 1.807) is 0 Å². The molecule has 0 aliphatic carbocycles. The molecule has 0 saturated carbocycles. The summed E-state index contributed by atoms with van der Waals surface area (Å²) in [5.41, 5.74) is 3.64. The Kier molecular flexibility index (Phi) is 6.95. The summed E-state index contributed by atoms with van der Waals surface area (Å²) in [5, 5.41) is 0. The summed E-state index contributed by atoms with van der Waals surface area (Å²) in [5.74, 6) is 0.660. The molecule has 2 atom stereocenters. The average molecular weight is 392 g/mol. The maximum Gasteiger partial charge on any atom is 0.146 e. The van der Waals surface area contributed by atoms with Crippen molar-refractivity contribution < 1.29 is 4.79 Å². The molecule has 0 spiro atoms. The molecule has 0 amide bonds. The van der Waals surface area contributed by atoms with Gasteiger partial charge in [-0.1, -0.05) is 74.9 Å². The fourth-order valence-electron chi connectivity index (χ4n) is 4.73. The van der Waals surface area contributed by atoms with Crippen molar-refractivity contribution in [3.8, 4) is 0 Å². The number of Topliss-reactive ketones (excluding diaryl/α,β-unsaturated/α-hetero) is 1. The Morgan fingerprint density at radius 2 is 1.52 bits per heavy atom. The van der Waals surface area contributed by atoms with Crippen molar-refractivity contribution in [2.24, 2.45) is 0 Å². The first kappa shape index (κ1) is 21.8. The Morgan fingerprint density at radius 1 is 0.931 bits per heavy atom. The molecule has 1 aliphatic rings. The van der Waals surface area contributed by atoms with E-state index in [1.165, 1.54) is 18.4 Å². The zero-order valence-corrected chi connectivity index (χ0v) is 18.8. The maximum absolute atomic E-state index is 13.7. The van der Waals surface area contributed by atoms with E-state index in [0.717, 1.165) is 24.1 Å². The Labute approximate surface area is 177 Å². The van der Waals surface area contributed by atoms with Crippen molar-refractivity contribution in [3.63, 3.8) is 0 Å². The second kappa shape index (κ2) is 9.26. The van der Waals surface area contributed by atoms with Crippen molar-refractivity contribution in [3.05, 3.63) is 71.3 Å². The maximum atomic E-state index is 13.7. The lowest BCUT2D eigenvalue weighted by molar-refractivity contribution is -0.121. The van der Waals surface area contributed by atoms with Gasteiger partial charge < -0.3 is 0 Å². The first-order valence-electron chi connectivity index (χ1n) is 11.2. The number of benzene rings is 2. The van der Waals surface area contributed by atoms with Crippen molar-refractivity contribution in [1.82, 2.24) is 4.90 Å². The van der Waals surface area contributed by atoms with E-state index in [0.29, 0.717) is 24.2 Å². The van der Waals surface area contributed by atoms with E-state index in [-0.39, 0.29) is 11.5 Å². The fourth-order valence-corrected chi connectivity index (χ4v) is 4.73. The molecule has 2 heteroatoms. The topological polar surface area (TPSA) is 20.3 Å². The average Bonchev–Trinajstić information content (AvgIpc) is 2.69. The van der Waals surface area contributed by atoms with Gasteiger partial charge in [-0.2, -0.15) is 0 Å². The van der Waals surface area contributed by atoms with Gasteiger partial charge in [0.1, 0.15) is 5.78 Å². The highest BCUT2D eigenvalue weighted by Crippen LogP contribution is 2.33. The van der Waals surface area contributed by atoms with Crippen LogP contribution in [0.5, 0.6) is 0 Å².